The molecule has 0 atom stereocenters. The van der Waals surface area contributed by atoms with Crippen molar-refractivity contribution in [1.29, 1.82) is 0 Å². The average molecular weight is 179 g/mol. The van der Waals surface area contributed by atoms with Gasteiger partial charge in [0.05, 0.1) is 0 Å². The maximum Gasteiger partial charge on any atom is 0.0239 e. The van der Waals surface area contributed by atoms with Crippen LogP contribution in [0.15, 0.2) is 12.7 Å². The zero-order chi connectivity index (χ0) is 6.95. The van der Waals surface area contributed by atoms with E-state index in [1.54, 1.807) is 0 Å². The fraction of sp³-hybridized carbons (Fsp3) is 0.750. The van der Waals surface area contributed by atoms with Gasteiger partial charge in [0, 0.05) is 9.52 Å². The minimum absolute atomic E-state index is 0. The fourth-order valence-electron chi connectivity index (χ4n) is 0.892. The molecule has 0 saturated heterocycles. The van der Waals surface area contributed by atoms with Crippen LogP contribution >= 0.6 is 12.4 Å². The van der Waals surface area contributed by atoms with Crippen LogP contribution in [0.3, 0.4) is 0 Å². The van der Waals surface area contributed by atoms with E-state index >= 15 is 0 Å². The zero-order valence-corrected chi connectivity index (χ0v) is 9.17. The van der Waals surface area contributed by atoms with Gasteiger partial charge in [-0.05, 0) is 6.04 Å². The molecule has 0 aromatic heterocycles. The minimum atomic E-state index is 0. The average Bonchev–Trinajstić information content (AvgIpc) is 1.89. The lowest BCUT2D eigenvalue weighted by atomic mass is 10.3. The van der Waals surface area contributed by atoms with Crippen molar-refractivity contribution in [3.05, 3.63) is 12.7 Å². The molecule has 0 aromatic carbocycles. The van der Waals surface area contributed by atoms with Crippen LogP contribution in [0.4, 0.5) is 0 Å². The van der Waals surface area contributed by atoms with E-state index in [-0.39, 0.29) is 21.9 Å². The fourth-order valence-corrected chi connectivity index (χ4v) is 2.18. The molecule has 0 bridgehead atoms. The van der Waals surface area contributed by atoms with Gasteiger partial charge in [-0.2, -0.15) is 0 Å². The monoisotopic (exact) mass is 178 g/mol. The number of halogens is 1. The van der Waals surface area contributed by atoms with Crippen LogP contribution in [0.5, 0.6) is 0 Å². The maximum atomic E-state index is 3.71. The topological polar surface area (TPSA) is 0 Å². The molecule has 0 rings (SSSR count). The molecule has 62 valence electrons. The van der Waals surface area contributed by atoms with Crippen molar-refractivity contribution in [3.63, 3.8) is 0 Å². The summed E-state index contributed by atoms with van der Waals surface area (Å²) in [5.74, 6) is 0. The first-order valence-corrected chi connectivity index (χ1v) is 6.02. The summed E-state index contributed by atoms with van der Waals surface area (Å²) < 4.78 is 0. The molecule has 0 radical (unpaired) electrons. The molecule has 0 fully saturated rings. The van der Waals surface area contributed by atoms with E-state index in [0.29, 0.717) is 0 Å². The Bertz CT molecular complexity index is 64.3. The summed E-state index contributed by atoms with van der Waals surface area (Å²) in [6.07, 6.45) is 6.33. The van der Waals surface area contributed by atoms with E-state index in [4.69, 9.17) is 0 Å². The highest BCUT2D eigenvalue weighted by atomic mass is 35.5. The lowest BCUT2D eigenvalue weighted by molar-refractivity contribution is 0.768. The second kappa shape index (κ2) is 12.0. The summed E-state index contributed by atoms with van der Waals surface area (Å²) in [5, 5.41) is 0. The van der Waals surface area contributed by atoms with Gasteiger partial charge in [-0.3, -0.25) is 0 Å². The van der Waals surface area contributed by atoms with E-state index in [0.717, 1.165) is 0 Å². The van der Waals surface area contributed by atoms with Gasteiger partial charge >= 0.3 is 0 Å². The third-order valence-electron chi connectivity index (χ3n) is 1.51. The molecule has 0 amide bonds. The molecule has 0 saturated carbocycles. The molecule has 2 heteroatoms. The lowest BCUT2D eigenvalue weighted by Gasteiger charge is -1.93. The van der Waals surface area contributed by atoms with E-state index in [1.165, 1.54) is 31.4 Å². The SMILES string of the molecule is C=CC[SiH2]CCCCC.Cl. The Labute approximate surface area is 73.3 Å². The van der Waals surface area contributed by atoms with Crippen LogP contribution < -0.4 is 0 Å². The Morgan fingerprint density at radius 1 is 1.40 bits per heavy atom. The molecule has 0 heterocycles. The Morgan fingerprint density at radius 3 is 2.60 bits per heavy atom. The Balaban J connectivity index is 0. The van der Waals surface area contributed by atoms with Crippen molar-refractivity contribution in [2.24, 2.45) is 0 Å². The first-order valence-electron chi connectivity index (χ1n) is 4.02. The molecule has 0 nitrogen and oxygen atoms in total. The quantitative estimate of drug-likeness (QED) is 0.334. The second-order valence-corrected chi connectivity index (χ2v) is 4.48. The standard InChI is InChI=1S/C8H18Si.ClH/c1-3-5-6-8-9-7-4-2;/h4H,2-3,5-9H2,1H3;1H. The van der Waals surface area contributed by atoms with Gasteiger partial charge in [0.2, 0.25) is 0 Å². The summed E-state index contributed by atoms with van der Waals surface area (Å²) in [6.45, 7) is 5.97. The van der Waals surface area contributed by atoms with Gasteiger partial charge in [0.25, 0.3) is 0 Å². The summed E-state index contributed by atoms with van der Waals surface area (Å²) in [4.78, 5) is 0. The molecular weight excluding hydrogens is 160 g/mol. The molecule has 0 aliphatic heterocycles. The largest absolute Gasteiger partial charge is 0.147 e. The number of hydrogen-bond donors (Lipinski definition) is 0. The van der Waals surface area contributed by atoms with Crippen LogP contribution in [-0.4, -0.2) is 9.52 Å². The molecule has 0 aliphatic rings. The van der Waals surface area contributed by atoms with Crippen LogP contribution in [-0.2, 0) is 0 Å². The Morgan fingerprint density at radius 2 is 2.10 bits per heavy atom. The van der Waals surface area contributed by atoms with Crippen LogP contribution in [0.1, 0.15) is 26.2 Å². The first-order chi connectivity index (χ1) is 4.41. The van der Waals surface area contributed by atoms with Crippen molar-refractivity contribution >= 4 is 21.9 Å². The van der Waals surface area contributed by atoms with Gasteiger partial charge in [-0.1, -0.05) is 38.3 Å². The summed E-state index contributed by atoms with van der Waals surface area (Å²) in [7, 11) is 0.273. The van der Waals surface area contributed by atoms with Gasteiger partial charge in [-0.15, -0.1) is 19.0 Å². The molecular formula is C8H19ClSi. The normalized spacial score (nSPS) is 9.70. The van der Waals surface area contributed by atoms with E-state index in [9.17, 15) is 0 Å². The van der Waals surface area contributed by atoms with Crippen LogP contribution in [0.25, 0.3) is 0 Å². The second-order valence-electron chi connectivity index (χ2n) is 2.49. The predicted octanol–water partition coefficient (Wildman–Crippen LogP) is 2.79. The van der Waals surface area contributed by atoms with Gasteiger partial charge in [0.15, 0.2) is 0 Å². The number of allylic oxidation sites excluding steroid dienone is 1. The van der Waals surface area contributed by atoms with E-state index < -0.39 is 0 Å². The molecule has 0 aromatic rings. The highest BCUT2D eigenvalue weighted by molar-refractivity contribution is 6.35. The Kier molecular flexibility index (Phi) is 15.4. The van der Waals surface area contributed by atoms with Crippen molar-refractivity contribution in [2.45, 2.75) is 38.3 Å². The van der Waals surface area contributed by atoms with Gasteiger partial charge < -0.3 is 0 Å². The van der Waals surface area contributed by atoms with Gasteiger partial charge in [-0.25, -0.2) is 0 Å². The van der Waals surface area contributed by atoms with Gasteiger partial charge in [0.1, 0.15) is 0 Å². The van der Waals surface area contributed by atoms with E-state index in [1.807, 2.05) is 0 Å². The van der Waals surface area contributed by atoms with Crippen molar-refractivity contribution < 1.29 is 0 Å². The molecule has 0 unspecified atom stereocenters. The van der Waals surface area contributed by atoms with Crippen LogP contribution in [0.2, 0.25) is 12.1 Å². The van der Waals surface area contributed by atoms with Crippen LogP contribution in [0, 0.1) is 0 Å². The number of unbranched alkanes of at least 4 members (excludes halogenated alkanes) is 2. The summed E-state index contributed by atoms with van der Waals surface area (Å²) in [5.41, 5.74) is 0. The summed E-state index contributed by atoms with van der Waals surface area (Å²) in [6, 6.07) is 2.86. The molecule has 0 N–H and O–H groups in total. The molecule has 10 heavy (non-hydrogen) atoms. The minimum Gasteiger partial charge on any atom is -0.147 e. The summed E-state index contributed by atoms with van der Waals surface area (Å²) >= 11 is 0. The van der Waals surface area contributed by atoms with Crippen molar-refractivity contribution in [2.75, 3.05) is 0 Å². The van der Waals surface area contributed by atoms with E-state index in [2.05, 4.69) is 19.6 Å². The predicted molar refractivity (Wildman–Crippen MR) is 55.1 cm³/mol. The van der Waals surface area contributed by atoms with Crippen molar-refractivity contribution in [3.8, 4) is 0 Å². The maximum absolute atomic E-state index is 3.71. The number of rotatable bonds is 6. The van der Waals surface area contributed by atoms with Crippen molar-refractivity contribution in [1.82, 2.24) is 0 Å². The zero-order valence-electron chi connectivity index (χ0n) is 6.94. The number of hydrogen-bond acceptors (Lipinski definition) is 0. The third-order valence-corrected chi connectivity index (χ3v) is 3.33. The highest BCUT2D eigenvalue weighted by Crippen LogP contribution is 1.99. The molecule has 0 aliphatic carbocycles. The Hall–Kier alpha value is 0.247. The first kappa shape index (κ1) is 12.9. The third kappa shape index (κ3) is 11.1. The highest BCUT2D eigenvalue weighted by Gasteiger charge is 1.85. The molecule has 0 spiro atoms. The smallest absolute Gasteiger partial charge is 0.0239 e. The lowest BCUT2D eigenvalue weighted by Crippen LogP contribution is -1.85.